The molecule has 2 aromatic rings. The maximum Gasteiger partial charge on any atom is 0.338 e. The van der Waals surface area contributed by atoms with Crippen molar-refractivity contribution < 1.29 is 28.2 Å². The summed E-state index contributed by atoms with van der Waals surface area (Å²) in [5.41, 5.74) is 0.385. The van der Waals surface area contributed by atoms with Gasteiger partial charge in [-0.15, -0.1) is 0 Å². The van der Waals surface area contributed by atoms with Crippen LogP contribution in [0.4, 0.5) is 0 Å². The number of fused-ring (bicyclic) bond motifs is 1. The van der Waals surface area contributed by atoms with E-state index < -0.39 is 50.0 Å². The first-order valence-corrected chi connectivity index (χ1v) is 16.9. The van der Waals surface area contributed by atoms with Gasteiger partial charge in [0.05, 0.1) is 17.7 Å². The lowest BCUT2D eigenvalue weighted by atomic mass is 9.97. The highest BCUT2D eigenvalue weighted by Gasteiger charge is 2.54. The van der Waals surface area contributed by atoms with E-state index in [9.17, 15) is 9.59 Å². The molecule has 5 atom stereocenters. The molecule has 2 aliphatic heterocycles. The predicted molar refractivity (Wildman–Crippen MR) is 156 cm³/mol. The molecule has 0 aromatic heterocycles. The summed E-state index contributed by atoms with van der Waals surface area (Å²) < 4.78 is 25.3. The van der Waals surface area contributed by atoms with Crippen molar-refractivity contribution in [1.82, 2.24) is 4.90 Å². The molecule has 10 heteroatoms. The van der Waals surface area contributed by atoms with E-state index in [4.69, 9.17) is 23.6 Å². The van der Waals surface area contributed by atoms with Crippen molar-refractivity contribution >= 4 is 37.2 Å². The first kappa shape index (κ1) is 29.3. The number of hydrogen-bond acceptors (Lipinski definition) is 9. The zero-order valence-corrected chi connectivity index (χ0v) is 25.4. The Morgan fingerprint density at radius 3 is 1.92 bits per heavy atom. The SMILES string of the molecule is CN(C)C1=N[C@@H]2[C@@H](OC(=O)c3ccccc3)[C@H](OC(=O)c3ccccc3)[C@@H](CO[Si](C)(C)C(C)(C)C)O[C@@H]2S1. The Labute approximate surface area is 236 Å². The fourth-order valence-electron chi connectivity index (χ4n) is 4.06. The molecule has 1 fully saturated rings. The second-order valence-corrected chi connectivity index (χ2v) is 17.4. The summed E-state index contributed by atoms with van der Waals surface area (Å²) in [5, 5.41) is 0.730. The zero-order chi connectivity index (χ0) is 28.4. The number of hydrogen-bond donors (Lipinski definition) is 0. The van der Waals surface area contributed by atoms with E-state index in [1.165, 1.54) is 11.8 Å². The summed E-state index contributed by atoms with van der Waals surface area (Å²) in [6.07, 6.45) is -2.46. The Hall–Kier alpha value is -2.66. The minimum atomic E-state index is -2.17. The summed E-state index contributed by atoms with van der Waals surface area (Å²) in [4.78, 5) is 33.3. The fraction of sp³-hybridized carbons (Fsp3) is 0.483. The third-order valence-electron chi connectivity index (χ3n) is 7.40. The highest BCUT2D eigenvalue weighted by atomic mass is 32.2. The van der Waals surface area contributed by atoms with Crippen LogP contribution in [-0.2, 0) is 18.6 Å². The van der Waals surface area contributed by atoms with E-state index in [1.54, 1.807) is 48.5 Å². The van der Waals surface area contributed by atoms with Gasteiger partial charge in [-0.3, -0.25) is 4.99 Å². The summed E-state index contributed by atoms with van der Waals surface area (Å²) in [5.74, 6) is -1.03. The number of ether oxygens (including phenoxy) is 3. The first-order chi connectivity index (χ1) is 18.4. The zero-order valence-electron chi connectivity index (χ0n) is 23.6. The fourth-order valence-corrected chi connectivity index (χ4v) is 6.23. The van der Waals surface area contributed by atoms with Gasteiger partial charge in [-0.05, 0) is 42.4 Å². The van der Waals surface area contributed by atoms with Crippen LogP contribution >= 0.6 is 11.8 Å². The van der Waals surface area contributed by atoms with E-state index in [1.807, 2.05) is 31.1 Å². The number of thioether (sulfide) groups is 1. The predicted octanol–water partition coefficient (Wildman–Crippen LogP) is 5.22. The van der Waals surface area contributed by atoms with E-state index in [2.05, 4.69) is 33.9 Å². The summed E-state index contributed by atoms with van der Waals surface area (Å²) in [6, 6.07) is 17.0. The molecule has 1 saturated heterocycles. The van der Waals surface area contributed by atoms with Gasteiger partial charge in [0.2, 0.25) is 0 Å². The monoisotopic (exact) mass is 570 g/mol. The summed E-state index contributed by atoms with van der Waals surface area (Å²) in [7, 11) is 1.64. The third kappa shape index (κ3) is 6.74. The minimum absolute atomic E-state index is 0.0249. The lowest BCUT2D eigenvalue weighted by Crippen LogP contribution is -2.60. The molecule has 0 radical (unpaired) electrons. The molecule has 2 aromatic carbocycles. The van der Waals surface area contributed by atoms with Crippen molar-refractivity contribution in [2.75, 3.05) is 20.7 Å². The molecule has 210 valence electrons. The topological polar surface area (TPSA) is 86.7 Å². The van der Waals surface area contributed by atoms with Gasteiger partial charge in [0.1, 0.15) is 17.6 Å². The van der Waals surface area contributed by atoms with Gasteiger partial charge in [0, 0.05) is 14.1 Å². The molecule has 39 heavy (non-hydrogen) atoms. The molecule has 0 bridgehead atoms. The molecule has 0 unspecified atom stereocenters. The second-order valence-electron chi connectivity index (χ2n) is 11.5. The van der Waals surface area contributed by atoms with Gasteiger partial charge in [0.25, 0.3) is 0 Å². The van der Waals surface area contributed by atoms with Crippen LogP contribution in [0, 0.1) is 0 Å². The smallest absolute Gasteiger partial charge is 0.338 e. The number of carbonyl (C=O) groups excluding carboxylic acids is 2. The Bertz CT molecular complexity index is 1190. The van der Waals surface area contributed by atoms with E-state index >= 15 is 0 Å². The van der Waals surface area contributed by atoms with Crippen LogP contribution in [0.1, 0.15) is 41.5 Å². The third-order valence-corrected chi connectivity index (χ3v) is 13.2. The Kier molecular flexibility index (Phi) is 8.90. The van der Waals surface area contributed by atoms with Gasteiger partial charge in [0.15, 0.2) is 25.7 Å². The summed E-state index contributed by atoms with van der Waals surface area (Å²) in [6.45, 7) is 11.0. The first-order valence-electron chi connectivity index (χ1n) is 13.1. The normalized spacial score (nSPS) is 24.9. The van der Waals surface area contributed by atoms with Gasteiger partial charge in [-0.2, -0.15) is 0 Å². The highest BCUT2D eigenvalue weighted by molar-refractivity contribution is 8.14. The maximum atomic E-state index is 13.3. The molecule has 0 aliphatic carbocycles. The van der Waals surface area contributed by atoms with Crippen LogP contribution < -0.4 is 0 Å². The second kappa shape index (κ2) is 11.8. The van der Waals surface area contributed by atoms with Gasteiger partial charge < -0.3 is 23.5 Å². The number of benzene rings is 2. The molecule has 0 saturated carbocycles. The van der Waals surface area contributed by atoms with E-state index in [-0.39, 0.29) is 11.6 Å². The van der Waals surface area contributed by atoms with Crippen LogP contribution in [-0.4, -0.2) is 80.8 Å². The van der Waals surface area contributed by atoms with Crippen molar-refractivity contribution in [3.63, 3.8) is 0 Å². The number of aliphatic imine (C=N–C) groups is 1. The Balaban J connectivity index is 1.69. The average Bonchev–Trinajstić information content (AvgIpc) is 3.33. The van der Waals surface area contributed by atoms with E-state index in [0.717, 1.165) is 5.17 Å². The quantitative estimate of drug-likeness (QED) is 0.331. The van der Waals surface area contributed by atoms with Crippen LogP contribution in [0.15, 0.2) is 65.7 Å². The minimum Gasteiger partial charge on any atom is -0.452 e. The number of rotatable bonds is 7. The van der Waals surface area contributed by atoms with Crippen molar-refractivity contribution in [1.29, 1.82) is 0 Å². The van der Waals surface area contributed by atoms with Crippen molar-refractivity contribution in [2.45, 2.75) is 68.7 Å². The molecule has 2 heterocycles. The molecular formula is C29H38N2O6SSi. The van der Waals surface area contributed by atoms with Gasteiger partial charge >= 0.3 is 11.9 Å². The molecule has 8 nitrogen and oxygen atoms in total. The Morgan fingerprint density at radius 1 is 0.923 bits per heavy atom. The molecular weight excluding hydrogens is 532 g/mol. The number of amidine groups is 1. The highest BCUT2D eigenvalue weighted by Crippen LogP contribution is 2.41. The van der Waals surface area contributed by atoms with Gasteiger partial charge in [-0.1, -0.05) is 68.9 Å². The molecule has 4 rings (SSSR count). The van der Waals surface area contributed by atoms with Gasteiger partial charge in [-0.25, -0.2) is 9.59 Å². The van der Waals surface area contributed by atoms with Crippen LogP contribution in [0.3, 0.4) is 0 Å². The lowest BCUT2D eigenvalue weighted by Gasteiger charge is -2.43. The van der Waals surface area contributed by atoms with E-state index in [0.29, 0.717) is 11.1 Å². The average molecular weight is 571 g/mol. The number of carbonyl (C=O) groups is 2. The van der Waals surface area contributed by atoms with Crippen LogP contribution in [0.25, 0.3) is 0 Å². The molecule has 0 spiro atoms. The largest absolute Gasteiger partial charge is 0.452 e. The lowest BCUT2D eigenvalue weighted by molar-refractivity contribution is -0.166. The number of esters is 2. The van der Waals surface area contributed by atoms with Crippen molar-refractivity contribution in [3.05, 3.63) is 71.8 Å². The molecule has 0 N–H and O–H groups in total. The van der Waals surface area contributed by atoms with Crippen LogP contribution in [0.5, 0.6) is 0 Å². The molecule has 0 amide bonds. The Morgan fingerprint density at radius 2 is 1.44 bits per heavy atom. The van der Waals surface area contributed by atoms with Crippen molar-refractivity contribution in [3.8, 4) is 0 Å². The maximum absolute atomic E-state index is 13.3. The van der Waals surface area contributed by atoms with Crippen molar-refractivity contribution in [2.24, 2.45) is 4.99 Å². The number of nitrogens with zero attached hydrogens (tertiary/aromatic N) is 2. The summed E-state index contributed by atoms with van der Waals surface area (Å²) >= 11 is 1.47. The molecule has 2 aliphatic rings. The standard InChI is InChI=1S/C29H38N2O6SSi/c1-29(2,3)39(6,7)34-18-21-23(36-25(32)19-14-10-8-11-15-19)24(37-26(33)20-16-12-9-13-17-20)22-27(35-21)38-28(30-22)31(4)5/h8-17,21-24,27H,18H2,1-7H3/t21-,22-,23-,24-,27-/m1/s1. The van der Waals surface area contributed by atoms with Crippen LogP contribution in [0.2, 0.25) is 18.1 Å².